The number of thiophene rings is 1. The molecule has 0 N–H and O–H groups in total. The van der Waals surface area contributed by atoms with Crippen LogP contribution in [0.1, 0.15) is 55.2 Å². The van der Waals surface area contributed by atoms with Crippen molar-refractivity contribution in [3.63, 3.8) is 0 Å². The van der Waals surface area contributed by atoms with Crippen molar-refractivity contribution in [2.45, 2.75) is 46.5 Å². The number of nitrogens with zero attached hydrogens (tertiary/aromatic N) is 3. The summed E-state index contributed by atoms with van der Waals surface area (Å²) in [4.78, 5) is 8.32. The van der Waals surface area contributed by atoms with Gasteiger partial charge in [0.1, 0.15) is 16.8 Å². The molecule has 5 heteroatoms. The molecule has 0 saturated carbocycles. The summed E-state index contributed by atoms with van der Waals surface area (Å²) >= 11 is 1.67. The Morgan fingerprint density at radius 1 is 1.22 bits per heavy atom. The van der Waals surface area contributed by atoms with Gasteiger partial charge < -0.3 is 9.64 Å². The first-order valence-electron chi connectivity index (χ1n) is 9.82. The topological polar surface area (TPSA) is 48.6 Å². The van der Waals surface area contributed by atoms with Crippen LogP contribution in [0.5, 0.6) is 5.75 Å². The lowest BCUT2D eigenvalue weighted by Gasteiger charge is -2.22. The van der Waals surface area contributed by atoms with Crippen LogP contribution in [0.3, 0.4) is 0 Å². The maximum absolute atomic E-state index is 9.60. The lowest BCUT2D eigenvalue weighted by molar-refractivity contribution is 0.340. The molecular formula is C22H27N3OS. The Labute approximate surface area is 166 Å². The van der Waals surface area contributed by atoms with Crippen LogP contribution in [-0.2, 0) is 12.8 Å². The van der Waals surface area contributed by atoms with Gasteiger partial charge in [-0.2, -0.15) is 5.26 Å². The third-order valence-corrected chi connectivity index (χ3v) is 6.21. The Morgan fingerprint density at radius 3 is 2.70 bits per heavy atom. The SMILES string of the molecule is CCOc1cc(N(CC)CC)ccc1C=Nc1sc2c(c1C#N)CCCC2. The lowest BCUT2D eigenvalue weighted by atomic mass is 9.96. The summed E-state index contributed by atoms with van der Waals surface area (Å²) < 4.78 is 5.86. The molecule has 142 valence electrons. The number of rotatable bonds is 7. The molecular weight excluding hydrogens is 354 g/mol. The predicted octanol–water partition coefficient (Wildman–Crippen LogP) is 5.49. The molecule has 2 aromatic rings. The molecule has 0 amide bonds. The lowest BCUT2D eigenvalue weighted by Crippen LogP contribution is -2.21. The molecule has 27 heavy (non-hydrogen) atoms. The van der Waals surface area contributed by atoms with Crippen LogP contribution < -0.4 is 9.64 Å². The van der Waals surface area contributed by atoms with Crippen LogP contribution in [0.15, 0.2) is 23.2 Å². The summed E-state index contributed by atoms with van der Waals surface area (Å²) in [7, 11) is 0. The molecule has 4 nitrogen and oxygen atoms in total. The predicted molar refractivity (Wildman–Crippen MR) is 114 cm³/mol. The van der Waals surface area contributed by atoms with Gasteiger partial charge in [-0.05, 0) is 64.2 Å². The Morgan fingerprint density at radius 2 is 2.00 bits per heavy atom. The maximum atomic E-state index is 9.60. The molecule has 0 radical (unpaired) electrons. The Hall–Kier alpha value is -2.32. The van der Waals surface area contributed by atoms with E-state index in [9.17, 15) is 5.26 Å². The molecule has 1 aromatic carbocycles. The summed E-state index contributed by atoms with van der Waals surface area (Å²) in [6.07, 6.45) is 6.31. The molecule has 0 saturated heterocycles. The summed E-state index contributed by atoms with van der Waals surface area (Å²) in [5.41, 5.74) is 4.10. The van der Waals surface area contributed by atoms with Crippen molar-refractivity contribution in [2.24, 2.45) is 4.99 Å². The first-order valence-corrected chi connectivity index (χ1v) is 10.6. The second kappa shape index (κ2) is 9.05. The minimum absolute atomic E-state index is 0.610. The molecule has 0 fully saturated rings. The zero-order valence-electron chi connectivity index (χ0n) is 16.4. The van der Waals surface area contributed by atoms with Crippen molar-refractivity contribution >= 4 is 28.2 Å². The zero-order chi connectivity index (χ0) is 19.2. The average molecular weight is 382 g/mol. The monoisotopic (exact) mass is 381 g/mol. The number of ether oxygens (including phenoxy) is 1. The van der Waals surface area contributed by atoms with E-state index in [4.69, 9.17) is 4.74 Å². The molecule has 0 atom stereocenters. The second-order valence-electron chi connectivity index (χ2n) is 6.59. The van der Waals surface area contributed by atoms with Crippen molar-refractivity contribution < 1.29 is 4.74 Å². The van der Waals surface area contributed by atoms with Crippen molar-refractivity contribution in [1.82, 2.24) is 0 Å². The molecule has 0 spiro atoms. The number of aliphatic imine (C=N–C) groups is 1. The maximum Gasteiger partial charge on any atom is 0.134 e. The van der Waals surface area contributed by atoms with Crippen molar-refractivity contribution in [3.05, 3.63) is 39.8 Å². The van der Waals surface area contributed by atoms with Crippen LogP contribution in [-0.4, -0.2) is 25.9 Å². The third kappa shape index (κ3) is 4.17. The quantitative estimate of drug-likeness (QED) is 0.596. The van der Waals surface area contributed by atoms with Crippen LogP contribution in [0.4, 0.5) is 10.7 Å². The van der Waals surface area contributed by atoms with E-state index in [1.165, 1.54) is 23.3 Å². The van der Waals surface area contributed by atoms with E-state index in [0.29, 0.717) is 6.61 Å². The fraction of sp³-hybridized carbons (Fsp3) is 0.455. The van der Waals surface area contributed by atoms with Crippen LogP contribution in [0.2, 0.25) is 0 Å². The standard InChI is InChI=1S/C22H27N3OS/c1-4-25(5-2)17-12-11-16(20(13-17)26-6-3)15-24-22-19(14-23)18-9-7-8-10-21(18)27-22/h11-13,15H,4-10H2,1-3H3. The van der Waals surface area contributed by atoms with E-state index in [2.05, 4.69) is 48.0 Å². The fourth-order valence-electron chi connectivity index (χ4n) is 3.58. The highest BCUT2D eigenvalue weighted by Gasteiger charge is 2.20. The first-order chi connectivity index (χ1) is 13.2. The molecule has 0 unspecified atom stereocenters. The number of nitriles is 1. The van der Waals surface area contributed by atoms with E-state index in [1.807, 2.05) is 13.1 Å². The summed E-state index contributed by atoms with van der Waals surface area (Å²) in [5.74, 6) is 0.838. The van der Waals surface area contributed by atoms with Gasteiger partial charge in [-0.25, -0.2) is 4.99 Å². The van der Waals surface area contributed by atoms with Gasteiger partial charge >= 0.3 is 0 Å². The van der Waals surface area contributed by atoms with E-state index < -0.39 is 0 Å². The number of hydrogen-bond donors (Lipinski definition) is 0. The largest absolute Gasteiger partial charge is 0.493 e. The van der Waals surface area contributed by atoms with Gasteiger partial charge in [-0.3, -0.25) is 0 Å². The highest BCUT2D eigenvalue weighted by atomic mass is 32.1. The molecule has 0 bridgehead atoms. The van der Waals surface area contributed by atoms with Gasteiger partial charge in [0.15, 0.2) is 0 Å². The third-order valence-electron chi connectivity index (χ3n) is 5.01. The molecule has 3 rings (SSSR count). The molecule has 1 heterocycles. The highest BCUT2D eigenvalue weighted by Crippen LogP contribution is 2.39. The normalized spacial score (nSPS) is 13.4. The number of aryl methyl sites for hydroxylation is 1. The van der Waals surface area contributed by atoms with E-state index in [1.54, 1.807) is 11.3 Å². The Bertz CT molecular complexity index is 859. The van der Waals surface area contributed by atoms with Gasteiger partial charge in [-0.15, -0.1) is 11.3 Å². The molecule has 1 aliphatic rings. The van der Waals surface area contributed by atoms with Crippen molar-refractivity contribution in [2.75, 3.05) is 24.6 Å². The van der Waals surface area contributed by atoms with E-state index >= 15 is 0 Å². The molecule has 1 aliphatic carbocycles. The molecule has 1 aromatic heterocycles. The minimum atomic E-state index is 0.610. The van der Waals surface area contributed by atoms with Crippen LogP contribution in [0, 0.1) is 11.3 Å². The summed E-state index contributed by atoms with van der Waals surface area (Å²) in [6.45, 7) is 8.83. The van der Waals surface area contributed by atoms with Gasteiger partial charge in [0.05, 0.1) is 12.2 Å². The van der Waals surface area contributed by atoms with Crippen LogP contribution in [0.25, 0.3) is 0 Å². The molecule has 0 aliphatic heterocycles. The first kappa shape index (κ1) is 19.4. The van der Waals surface area contributed by atoms with E-state index in [0.717, 1.165) is 53.5 Å². The van der Waals surface area contributed by atoms with Gasteiger partial charge in [-0.1, -0.05) is 0 Å². The number of fused-ring (bicyclic) bond motifs is 1. The second-order valence-corrected chi connectivity index (χ2v) is 7.67. The van der Waals surface area contributed by atoms with Gasteiger partial charge in [0.25, 0.3) is 0 Å². The van der Waals surface area contributed by atoms with Gasteiger partial charge in [0.2, 0.25) is 0 Å². The minimum Gasteiger partial charge on any atom is -0.493 e. The summed E-state index contributed by atoms with van der Waals surface area (Å²) in [5, 5.41) is 10.4. The Kier molecular flexibility index (Phi) is 6.52. The van der Waals surface area contributed by atoms with Crippen LogP contribution >= 0.6 is 11.3 Å². The average Bonchev–Trinajstić information content (AvgIpc) is 3.06. The van der Waals surface area contributed by atoms with Crippen molar-refractivity contribution in [1.29, 1.82) is 5.26 Å². The van der Waals surface area contributed by atoms with Crippen molar-refractivity contribution in [3.8, 4) is 11.8 Å². The Balaban J connectivity index is 1.93. The van der Waals surface area contributed by atoms with Gasteiger partial charge in [0, 0.05) is 41.5 Å². The highest BCUT2D eigenvalue weighted by molar-refractivity contribution is 7.16. The smallest absolute Gasteiger partial charge is 0.134 e. The number of hydrogen-bond acceptors (Lipinski definition) is 5. The zero-order valence-corrected chi connectivity index (χ0v) is 17.2. The summed E-state index contributed by atoms with van der Waals surface area (Å²) in [6, 6.07) is 8.63. The number of anilines is 1. The number of benzene rings is 1. The van der Waals surface area contributed by atoms with E-state index in [-0.39, 0.29) is 0 Å². The fourth-order valence-corrected chi connectivity index (χ4v) is 4.76.